The summed E-state index contributed by atoms with van der Waals surface area (Å²) in [6.07, 6.45) is 0. The average Bonchev–Trinajstić information content (AvgIpc) is 2.49. The van der Waals surface area contributed by atoms with Crippen molar-refractivity contribution in [3.63, 3.8) is 0 Å². The highest BCUT2D eigenvalue weighted by molar-refractivity contribution is 5.77. The van der Waals surface area contributed by atoms with E-state index in [1.54, 1.807) is 21.1 Å². The van der Waals surface area contributed by atoms with Crippen LogP contribution in [0.1, 0.15) is 0 Å². The van der Waals surface area contributed by atoms with Crippen LogP contribution >= 0.6 is 0 Å². The predicted octanol–water partition coefficient (Wildman–Crippen LogP) is -1.02. The summed E-state index contributed by atoms with van der Waals surface area (Å²) in [4.78, 5) is 27.0. The molecule has 0 N–H and O–H groups in total. The van der Waals surface area contributed by atoms with Gasteiger partial charge in [-0.05, 0) is 0 Å². The van der Waals surface area contributed by atoms with Crippen molar-refractivity contribution in [1.82, 2.24) is 18.7 Å². The van der Waals surface area contributed by atoms with Crippen molar-refractivity contribution in [3.05, 3.63) is 21.0 Å². The lowest BCUT2D eigenvalue weighted by molar-refractivity contribution is 0.397. The summed E-state index contributed by atoms with van der Waals surface area (Å²) in [7, 11) is 6.19. The molecule has 0 amide bonds. The molecule has 0 aliphatic carbocycles. The summed E-state index contributed by atoms with van der Waals surface area (Å²) in [6.45, 7) is 0. The average molecular weight is 224 g/mol. The van der Waals surface area contributed by atoms with Crippen molar-refractivity contribution < 1.29 is 4.74 Å². The number of rotatable bonds is 1. The number of hydrogen-bond acceptors (Lipinski definition) is 4. The van der Waals surface area contributed by atoms with Crippen molar-refractivity contribution in [2.75, 3.05) is 7.11 Å². The van der Waals surface area contributed by atoms with Crippen LogP contribution in [0.25, 0.3) is 11.2 Å². The van der Waals surface area contributed by atoms with Crippen molar-refractivity contribution in [1.29, 1.82) is 0 Å². The predicted molar refractivity (Wildman–Crippen MR) is 57.7 cm³/mol. The van der Waals surface area contributed by atoms with Crippen LogP contribution in [0.15, 0.2) is 9.59 Å². The third-order valence-electron chi connectivity index (χ3n) is 2.64. The Kier molecular flexibility index (Phi) is 2.11. The molecule has 7 heteroatoms. The van der Waals surface area contributed by atoms with Gasteiger partial charge in [0, 0.05) is 21.1 Å². The zero-order chi connectivity index (χ0) is 12.0. The van der Waals surface area contributed by atoms with Gasteiger partial charge in [0.25, 0.3) is 0 Å². The third kappa shape index (κ3) is 1.11. The molecule has 0 aliphatic heterocycles. The van der Waals surface area contributed by atoms with Crippen LogP contribution < -0.4 is 16.1 Å². The van der Waals surface area contributed by atoms with E-state index in [9.17, 15) is 9.59 Å². The maximum Gasteiger partial charge on any atom is 0.352 e. The first-order valence-corrected chi connectivity index (χ1v) is 4.65. The van der Waals surface area contributed by atoms with Gasteiger partial charge in [0.1, 0.15) is 5.52 Å². The number of fused-ring (bicyclic) bond motifs is 1. The number of methoxy groups -OCH3 is 1. The second kappa shape index (κ2) is 3.22. The second-order valence-corrected chi connectivity index (χ2v) is 3.54. The first-order valence-electron chi connectivity index (χ1n) is 4.65. The maximum absolute atomic E-state index is 11.7. The molecule has 0 saturated heterocycles. The highest BCUT2D eigenvalue weighted by Gasteiger charge is 2.17. The van der Waals surface area contributed by atoms with Gasteiger partial charge in [0.2, 0.25) is 5.88 Å². The van der Waals surface area contributed by atoms with E-state index < -0.39 is 5.69 Å². The molecule has 2 heterocycles. The summed E-state index contributed by atoms with van der Waals surface area (Å²) in [5.41, 5.74) is 0.323. The fourth-order valence-electron chi connectivity index (χ4n) is 1.79. The minimum atomic E-state index is -0.453. The van der Waals surface area contributed by atoms with Crippen molar-refractivity contribution in [2.45, 2.75) is 0 Å². The summed E-state index contributed by atoms with van der Waals surface area (Å²) in [5, 5.41) is 0. The van der Waals surface area contributed by atoms with Crippen molar-refractivity contribution >= 4 is 11.2 Å². The molecule has 0 radical (unpaired) electrons. The lowest BCUT2D eigenvalue weighted by atomic mass is 10.5. The molecule has 0 bridgehead atoms. The van der Waals surface area contributed by atoms with Gasteiger partial charge in [-0.3, -0.25) is 13.7 Å². The van der Waals surface area contributed by atoms with E-state index in [0.717, 1.165) is 0 Å². The highest BCUT2D eigenvalue weighted by Crippen LogP contribution is 2.18. The minimum absolute atomic E-state index is 0.165. The van der Waals surface area contributed by atoms with Crippen LogP contribution in [0.2, 0.25) is 0 Å². The van der Waals surface area contributed by atoms with Gasteiger partial charge in [-0.2, -0.15) is 4.98 Å². The van der Waals surface area contributed by atoms with Gasteiger partial charge < -0.3 is 4.74 Å². The largest absolute Gasteiger partial charge is 0.479 e. The molecule has 0 aliphatic rings. The molecule has 0 fully saturated rings. The fourth-order valence-corrected chi connectivity index (χ4v) is 1.79. The number of ether oxygens (including phenoxy) is 1. The fraction of sp³-hybridized carbons (Fsp3) is 0.444. The Morgan fingerprint density at radius 1 is 1.06 bits per heavy atom. The Bertz CT molecular complexity index is 677. The molecule has 0 unspecified atom stereocenters. The van der Waals surface area contributed by atoms with Gasteiger partial charge in [-0.25, -0.2) is 9.59 Å². The lowest BCUT2D eigenvalue weighted by Gasteiger charge is -2.05. The first-order chi connectivity index (χ1) is 7.49. The SMILES string of the molecule is COc1nc(=O)n(C)c2c1n(C)c(=O)n2C. The zero-order valence-corrected chi connectivity index (χ0v) is 9.51. The van der Waals surface area contributed by atoms with E-state index in [1.165, 1.54) is 20.8 Å². The molecule has 0 saturated carbocycles. The van der Waals surface area contributed by atoms with Crippen LogP contribution in [-0.4, -0.2) is 25.8 Å². The topological polar surface area (TPSA) is 71.1 Å². The molecule has 0 spiro atoms. The van der Waals surface area contributed by atoms with Gasteiger partial charge in [-0.1, -0.05) is 0 Å². The van der Waals surface area contributed by atoms with E-state index in [2.05, 4.69) is 4.98 Å². The molecule has 2 rings (SSSR count). The smallest absolute Gasteiger partial charge is 0.352 e. The molecule has 0 atom stereocenters. The Morgan fingerprint density at radius 2 is 1.69 bits per heavy atom. The summed E-state index contributed by atoms with van der Waals surface area (Å²) < 4.78 is 9.13. The van der Waals surface area contributed by atoms with E-state index in [0.29, 0.717) is 11.2 Å². The molecular weight excluding hydrogens is 212 g/mol. The molecule has 7 nitrogen and oxygen atoms in total. The normalized spacial score (nSPS) is 11.0. The van der Waals surface area contributed by atoms with E-state index >= 15 is 0 Å². The number of nitrogens with zero attached hydrogens (tertiary/aromatic N) is 4. The lowest BCUT2D eigenvalue weighted by Crippen LogP contribution is -2.23. The summed E-state index contributed by atoms with van der Waals surface area (Å²) >= 11 is 0. The van der Waals surface area contributed by atoms with Crippen molar-refractivity contribution in [2.24, 2.45) is 21.1 Å². The molecular formula is C9H12N4O3. The standard InChI is InChI=1S/C9H12N4O3/c1-11-5-6(16-4)10-8(14)12(2)7(5)13(3)9(11)15/h1-4H3. The van der Waals surface area contributed by atoms with Gasteiger partial charge in [-0.15, -0.1) is 0 Å². The monoisotopic (exact) mass is 224 g/mol. The molecule has 86 valence electrons. The number of hydrogen-bond donors (Lipinski definition) is 0. The van der Waals surface area contributed by atoms with E-state index in [-0.39, 0.29) is 11.6 Å². The number of aryl methyl sites for hydroxylation is 3. The van der Waals surface area contributed by atoms with Crippen molar-refractivity contribution in [3.8, 4) is 5.88 Å². The molecule has 0 aromatic carbocycles. The molecule has 16 heavy (non-hydrogen) atoms. The first kappa shape index (κ1) is 10.5. The van der Waals surface area contributed by atoms with Crippen LogP contribution in [0.5, 0.6) is 5.88 Å². The molecule has 2 aromatic rings. The quantitative estimate of drug-likeness (QED) is 0.621. The second-order valence-electron chi connectivity index (χ2n) is 3.54. The van der Waals surface area contributed by atoms with Crippen LogP contribution in [0, 0.1) is 0 Å². The van der Waals surface area contributed by atoms with Gasteiger partial charge >= 0.3 is 11.4 Å². The Morgan fingerprint density at radius 3 is 2.25 bits per heavy atom. The van der Waals surface area contributed by atoms with Gasteiger partial charge in [0.15, 0.2) is 5.65 Å². The number of aromatic nitrogens is 4. The third-order valence-corrected chi connectivity index (χ3v) is 2.64. The highest BCUT2D eigenvalue weighted by atomic mass is 16.5. The summed E-state index contributed by atoms with van der Waals surface area (Å²) in [6, 6.07) is 0. The molecule has 2 aromatic heterocycles. The zero-order valence-electron chi connectivity index (χ0n) is 9.51. The Balaban J connectivity index is 3.18. The van der Waals surface area contributed by atoms with Crippen LogP contribution in [0.3, 0.4) is 0 Å². The van der Waals surface area contributed by atoms with E-state index in [4.69, 9.17) is 4.74 Å². The maximum atomic E-state index is 11.7. The van der Waals surface area contributed by atoms with Crippen LogP contribution in [-0.2, 0) is 21.1 Å². The van der Waals surface area contributed by atoms with Crippen LogP contribution in [0.4, 0.5) is 0 Å². The van der Waals surface area contributed by atoms with E-state index in [1.807, 2.05) is 0 Å². The van der Waals surface area contributed by atoms with Gasteiger partial charge in [0.05, 0.1) is 7.11 Å². The minimum Gasteiger partial charge on any atom is -0.479 e. The Labute approximate surface area is 90.5 Å². The Hall–Kier alpha value is -2.05. The summed E-state index contributed by atoms with van der Waals surface area (Å²) in [5.74, 6) is 0.165. The number of imidazole rings is 1.